The van der Waals surface area contributed by atoms with Gasteiger partial charge in [-0.3, -0.25) is 4.90 Å². The Bertz CT molecular complexity index is 561. The Hall–Kier alpha value is -1.68. The van der Waals surface area contributed by atoms with Gasteiger partial charge in [-0.2, -0.15) is 0 Å². The quantitative estimate of drug-likeness (QED) is 0.688. The van der Waals surface area contributed by atoms with Crippen LogP contribution in [0.5, 0.6) is 0 Å². The molecule has 1 aromatic rings. The second kappa shape index (κ2) is 10.3. The SMILES string of the molecule is C=C/C=C(\C=C)C(C)C(CN1CCOCC1)NC(C)c1ccccc1. The molecule has 0 amide bonds. The molecule has 1 heterocycles. The first-order valence-corrected chi connectivity index (χ1v) is 9.21. The average molecular weight is 341 g/mol. The van der Waals surface area contributed by atoms with Crippen molar-refractivity contribution in [1.82, 2.24) is 10.2 Å². The average Bonchev–Trinajstić information content (AvgIpc) is 2.66. The second-order valence-corrected chi connectivity index (χ2v) is 6.71. The van der Waals surface area contributed by atoms with Crippen LogP contribution in [0.3, 0.4) is 0 Å². The van der Waals surface area contributed by atoms with E-state index in [2.05, 4.69) is 73.6 Å². The minimum absolute atomic E-state index is 0.296. The van der Waals surface area contributed by atoms with E-state index >= 15 is 0 Å². The van der Waals surface area contributed by atoms with E-state index in [1.165, 1.54) is 11.1 Å². The van der Waals surface area contributed by atoms with Gasteiger partial charge >= 0.3 is 0 Å². The lowest BCUT2D eigenvalue weighted by Gasteiger charge is -2.35. The molecular weight excluding hydrogens is 308 g/mol. The number of hydrogen-bond acceptors (Lipinski definition) is 3. The van der Waals surface area contributed by atoms with E-state index in [1.54, 1.807) is 0 Å². The lowest BCUT2D eigenvalue weighted by Crippen LogP contribution is -2.49. The Balaban J connectivity index is 2.13. The van der Waals surface area contributed by atoms with E-state index in [0.717, 1.165) is 32.8 Å². The van der Waals surface area contributed by atoms with Gasteiger partial charge in [0.15, 0.2) is 0 Å². The zero-order valence-electron chi connectivity index (χ0n) is 15.7. The number of benzene rings is 1. The number of ether oxygens (including phenoxy) is 1. The molecule has 0 saturated carbocycles. The minimum atomic E-state index is 0.296. The first-order chi connectivity index (χ1) is 12.2. The molecule has 0 aromatic heterocycles. The molecule has 1 aliphatic heterocycles. The summed E-state index contributed by atoms with van der Waals surface area (Å²) in [5, 5.41) is 3.85. The summed E-state index contributed by atoms with van der Waals surface area (Å²) in [6.45, 7) is 17.0. The van der Waals surface area contributed by atoms with E-state index in [-0.39, 0.29) is 0 Å². The van der Waals surface area contributed by atoms with Gasteiger partial charge in [0.25, 0.3) is 0 Å². The van der Waals surface area contributed by atoms with Crippen LogP contribution in [0.2, 0.25) is 0 Å². The fraction of sp³-hybridized carbons (Fsp3) is 0.455. The molecule has 0 aliphatic carbocycles. The Morgan fingerprint density at radius 3 is 2.48 bits per heavy atom. The summed E-state index contributed by atoms with van der Waals surface area (Å²) < 4.78 is 5.50. The van der Waals surface area contributed by atoms with Crippen molar-refractivity contribution in [2.24, 2.45) is 5.92 Å². The van der Waals surface area contributed by atoms with Crippen LogP contribution in [0.15, 0.2) is 67.3 Å². The maximum absolute atomic E-state index is 5.50. The van der Waals surface area contributed by atoms with Crippen LogP contribution in [0.25, 0.3) is 0 Å². The number of hydrogen-bond donors (Lipinski definition) is 1. The Kier molecular flexibility index (Phi) is 8.13. The lowest BCUT2D eigenvalue weighted by molar-refractivity contribution is 0.0308. The summed E-state index contributed by atoms with van der Waals surface area (Å²) in [6.07, 6.45) is 5.87. The largest absolute Gasteiger partial charge is 0.379 e. The first kappa shape index (κ1) is 19.6. The number of nitrogens with one attached hydrogen (secondary N) is 1. The minimum Gasteiger partial charge on any atom is -0.379 e. The highest BCUT2D eigenvalue weighted by atomic mass is 16.5. The highest BCUT2D eigenvalue weighted by Gasteiger charge is 2.25. The molecule has 3 nitrogen and oxygen atoms in total. The van der Waals surface area contributed by atoms with Crippen molar-refractivity contribution in [1.29, 1.82) is 0 Å². The highest BCUT2D eigenvalue weighted by Crippen LogP contribution is 2.21. The zero-order chi connectivity index (χ0) is 18.1. The van der Waals surface area contributed by atoms with Crippen LogP contribution in [-0.4, -0.2) is 43.8 Å². The molecule has 1 aromatic carbocycles. The normalized spacial score (nSPS) is 19.8. The first-order valence-electron chi connectivity index (χ1n) is 9.21. The molecule has 3 heteroatoms. The summed E-state index contributed by atoms with van der Waals surface area (Å²) in [5.41, 5.74) is 2.54. The van der Waals surface area contributed by atoms with Crippen molar-refractivity contribution in [3.63, 3.8) is 0 Å². The Morgan fingerprint density at radius 1 is 1.20 bits per heavy atom. The van der Waals surface area contributed by atoms with E-state index < -0.39 is 0 Å². The van der Waals surface area contributed by atoms with Gasteiger partial charge in [0.05, 0.1) is 13.2 Å². The summed E-state index contributed by atoms with van der Waals surface area (Å²) in [4.78, 5) is 2.49. The molecule has 3 atom stereocenters. The molecule has 2 rings (SSSR count). The Labute approximate surface area is 153 Å². The van der Waals surface area contributed by atoms with Crippen LogP contribution in [0.4, 0.5) is 0 Å². The number of allylic oxidation sites excluding steroid dienone is 3. The third kappa shape index (κ3) is 5.96. The maximum atomic E-state index is 5.50. The number of rotatable bonds is 9. The van der Waals surface area contributed by atoms with Gasteiger partial charge in [-0.15, -0.1) is 0 Å². The van der Waals surface area contributed by atoms with Gasteiger partial charge in [0.1, 0.15) is 0 Å². The summed E-state index contributed by atoms with van der Waals surface area (Å²) in [7, 11) is 0. The van der Waals surface area contributed by atoms with Gasteiger partial charge < -0.3 is 10.1 Å². The molecular formula is C22H32N2O. The van der Waals surface area contributed by atoms with Crippen molar-refractivity contribution in [3.05, 3.63) is 72.9 Å². The fourth-order valence-corrected chi connectivity index (χ4v) is 3.35. The standard InChI is InChI=1S/C22H32N2O/c1-5-10-20(6-2)18(3)22(17-24-13-15-25-16-14-24)23-19(4)21-11-8-7-9-12-21/h5-12,18-19,22-23H,1-2,13-17H2,3-4H3/b20-10+. The molecule has 1 aliphatic rings. The summed E-state index contributed by atoms with van der Waals surface area (Å²) in [5.74, 6) is 0.351. The van der Waals surface area contributed by atoms with Crippen LogP contribution in [-0.2, 0) is 4.74 Å². The van der Waals surface area contributed by atoms with Gasteiger partial charge in [0.2, 0.25) is 0 Å². The number of morpholine rings is 1. The third-order valence-electron chi connectivity index (χ3n) is 5.00. The molecule has 0 bridgehead atoms. The zero-order valence-corrected chi connectivity index (χ0v) is 15.7. The smallest absolute Gasteiger partial charge is 0.0594 e. The summed E-state index contributed by atoms with van der Waals surface area (Å²) in [6, 6.07) is 11.3. The van der Waals surface area contributed by atoms with Gasteiger partial charge in [-0.1, -0.05) is 68.6 Å². The molecule has 1 fully saturated rings. The van der Waals surface area contributed by atoms with Crippen LogP contribution < -0.4 is 5.32 Å². The van der Waals surface area contributed by atoms with Crippen molar-refractivity contribution in [3.8, 4) is 0 Å². The van der Waals surface area contributed by atoms with Gasteiger partial charge in [-0.05, 0) is 24.0 Å². The van der Waals surface area contributed by atoms with Crippen molar-refractivity contribution in [2.45, 2.75) is 25.9 Å². The van der Waals surface area contributed by atoms with E-state index in [9.17, 15) is 0 Å². The molecule has 25 heavy (non-hydrogen) atoms. The van der Waals surface area contributed by atoms with Gasteiger partial charge in [0, 0.05) is 31.7 Å². The van der Waals surface area contributed by atoms with E-state index in [0.29, 0.717) is 18.0 Å². The van der Waals surface area contributed by atoms with Crippen LogP contribution in [0.1, 0.15) is 25.5 Å². The second-order valence-electron chi connectivity index (χ2n) is 6.71. The molecule has 0 radical (unpaired) electrons. The monoisotopic (exact) mass is 340 g/mol. The highest BCUT2D eigenvalue weighted by molar-refractivity contribution is 5.25. The van der Waals surface area contributed by atoms with Crippen molar-refractivity contribution in [2.75, 3.05) is 32.8 Å². The molecule has 136 valence electrons. The maximum Gasteiger partial charge on any atom is 0.0594 e. The van der Waals surface area contributed by atoms with Gasteiger partial charge in [-0.25, -0.2) is 0 Å². The predicted octanol–water partition coefficient (Wildman–Crippen LogP) is 3.97. The molecule has 1 saturated heterocycles. The molecule has 1 N–H and O–H groups in total. The van der Waals surface area contributed by atoms with Crippen LogP contribution >= 0.6 is 0 Å². The number of nitrogens with zero attached hydrogens (tertiary/aromatic N) is 1. The van der Waals surface area contributed by atoms with Crippen molar-refractivity contribution >= 4 is 0 Å². The predicted molar refractivity (Wildman–Crippen MR) is 107 cm³/mol. The third-order valence-corrected chi connectivity index (χ3v) is 5.00. The Morgan fingerprint density at radius 2 is 1.88 bits per heavy atom. The van der Waals surface area contributed by atoms with E-state index in [4.69, 9.17) is 4.74 Å². The fourth-order valence-electron chi connectivity index (χ4n) is 3.35. The molecule has 3 unspecified atom stereocenters. The lowest BCUT2D eigenvalue weighted by atomic mass is 9.90. The van der Waals surface area contributed by atoms with Crippen molar-refractivity contribution < 1.29 is 4.74 Å². The topological polar surface area (TPSA) is 24.5 Å². The van der Waals surface area contributed by atoms with E-state index in [1.807, 2.05) is 12.2 Å². The molecule has 0 spiro atoms. The van der Waals surface area contributed by atoms with Crippen LogP contribution in [0, 0.1) is 5.92 Å². The summed E-state index contributed by atoms with van der Waals surface area (Å²) >= 11 is 0.